The summed E-state index contributed by atoms with van der Waals surface area (Å²) >= 11 is 3.21. The standard InChI is InChI=1S/C15H27BrO2/c1-3-4-5-6-7-8-9-10-11-12-13-14(16)15(17)18-2/h13H,3-12H2,1-2H3/b14-13-. The van der Waals surface area contributed by atoms with E-state index in [9.17, 15) is 4.79 Å². The zero-order chi connectivity index (χ0) is 13.6. The van der Waals surface area contributed by atoms with Crippen LogP contribution < -0.4 is 0 Å². The van der Waals surface area contributed by atoms with Crippen molar-refractivity contribution in [3.8, 4) is 0 Å². The lowest BCUT2D eigenvalue weighted by Crippen LogP contribution is -1.98. The van der Waals surface area contributed by atoms with Gasteiger partial charge in [0.25, 0.3) is 0 Å². The van der Waals surface area contributed by atoms with Gasteiger partial charge in [-0.25, -0.2) is 4.79 Å². The van der Waals surface area contributed by atoms with Crippen LogP contribution in [0, 0.1) is 0 Å². The molecule has 0 saturated heterocycles. The molecule has 0 aliphatic rings. The third-order valence-corrected chi connectivity index (χ3v) is 3.66. The molecule has 0 N–H and O–H groups in total. The highest BCUT2D eigenvalue weighted by molar-refractivity contribution is 9.12. The van der Waals surface area contributed by atoms with Crippen LogP contribution in [0.3, 0.4) is 0 Å². The van der Waals surface area contributed by atoms with Crippen molar-refractivity contribution in [3.63, 3.8) is 0 Å². The first-order valence-electron chi connectivity index (χ1n) is 7.16. The Morgan fingerprint density at radius 2 is 1.50 bits per heavy atom. The number of rotatable bonds is 11. The number of hydrogen-bond donors (Lipinski definition) is 0. The Labute approximate surface area is 120 Å². The molecule has 0 aromatic heterocycles. The second kappa shape index (κ2) is 13.1. The second-order valence-electron chi connectivity index (χ2n) is 4.66. The Balaban J connectivity index is 3.28. The van der Waals surface area contributed by atoms with Crippen LogP contribution in [-0.4, -0.2) is 13.1 Å². The first-order valence-corrected chi connectivity index (χ1v) is 7.95. The lowest BCUT2D eigenvalue weighted by Gasteiger charge is -2.01. The second-order valence-corrected chi connectivity index (χ2v) is 5.52. The molecular formula is C15H27BrO2. The summed E-state index contributed by atoms with van der Waals surface area (Å²) in [5.74, 6) is -0.286. The molecule has 0 aromatic rings. The summed E-state index contributed by atoms with van der Waals surface area (Å²) in [6.45, 7) is 2.25. The largest absolute Gasteiger partial charge is 0.465 e. The molecule has 2 nitrogen and oxygen atoms in total. The molecule has 106 valence electrons. The summed E-state index contributed by atoms with van der Waals surface area (Å²) in [6, 6.07) is 0. The van der Waals surface area contributed by atoms with Gasteiger partial charge in [0, 0.05) is 0 Å². The third kappa shape index (κ3) is 10.8. The molecule has 0 radical (unpaired) electrons. The van der Waals surface area contributed by atoms with Crippen molar-refractivity contribution in [3.05, 3.63) is 10.6 Å². The normalized spacial score (nSPS) is 11.6. The summed E-state index contributed by atoms with van der Waals surface area (Å²) in [4.78, 5) is 11.1. The SMILES string of the molecule is CCCCCCCCCCC/C=C(\Br)C(=O)OC. The van der Waals surface area contributed by atoms with Gasteiger partial charge in [0.05, 0.1) is 11.6 Å². The van der Waals surface area contributed by atoms with E-state index in [-0.39, 0.29) is 5.97 Å². The van der Waals surface area contributed by atoms with Crippen LogP contribution in [0.4, 0.5) is 0 Å². The van der Waals surface area contributed by atoms with Gasteiger partial charge < -0.3 is 4.74 Å². The fourth-order valence-electron chi connectivity index (χ4n) is 1.86. The average Bonchev–Trinajstić information content (AvgIpc) is 2.39. The molecule has 0 atom stereocenters. The molecule has 3 heteroatoms. The molecule has 0 aliphatic carbocycles. The van der Waals surface area contributed by atoms with Gasteiger partial charge in [0.2, 0.25) is 0 Å². The molecule has 0 fully saturated rings. The Bertz CT molecular complexity index is 237. The molecule has 0 spiro atoms. The zero-order valence-corrected chi connectivity index (χ0v) is 13.4. The highest BCUT2D eigenvalue weighted by atomic mass is 79.9. The molecule has 0 amide bonds. The molecule has 0 aliphatic heterocycles. The predicted molar refractivity (Wildman–Crippen MR) is 80.9 cm³/mol. The molecular weight excluding hydrogens is 292 g/mol. The summed E-state index contributed by atoms with van der Waals surface area (Å²) in [6.07, 6.45) is 14.8. The number of hydrogen-bond acceptors (Lipinski definition) is 2. The molecule has 0 unspecified atom stereocenters. The van der Waals surface area contributed by atoms with E-state index in [4.69, 9.17) is 0 Å². The molecule has 0 rings (SSSR count). The number of carbonyl (C=O) groups is 1. The van der Waals surface area contributed by atoms with Crippen molar-refractivity contribution in [1.29, 1.82) is 0 Å². The smallest absolute Gasteiger partial charge is 0.344 e. The number of unbranched alkanes of at least 4 members (excludes halogenated alkanes) is 9. The van der Waals surface area contributed by atoms with Gasteiger partial charge in [-0.2, -0.15) is 0 Å². The van der Waals surface area contributed by atoms with Crippen LogP contribution in [0.25, 0.3) is 0 Å². The van der Waals surface area contributed by atoms with Crippen LogP contribution in [0.1, 0.15) is 71.1 Å². The Morgan fingerprint density at radius 3 is 2.00 bits per heavy atom. The monoisotopic (exact) mass is 318 g/mol. The fourth-order valence-corrected chi connectivity index (χ4v) is 2.26. The topological polar surface area (TPSA) is 26.3 Å². The highest BCUT2D eigenvalue weighted by Crippen LogP contribution is 2.13. The van der Waals surface area contributed by atoms with E-state index >= 15 is 0 Å². The molecule has 0 aromatic carbocycles. The van der Waals surface area contributed by atoms with Crippen LogP contribution in [-0.2, 0) is 9.53 Å². The van der Waals surface area contributed by atoms with Crippen molar-refractivity contribution >= 4 is 21.9 Å². The third-order valence-electron chi connectivity index (χ3n) is 3.01. The van der Waals surface area contributed by atoms with Crippen molar-refractivity contribution in [2.45, 2.75) is 71.1 Å². The van der Waals surface area contributed by atoms with Gasteiger partial charge in [0.15, 0.2) is 0 Å². The maximum atomic E-state index is 11.1. The maximum Gasteiger partial charge on any atom is 0.344 e. The van der Waals surface area contributed by atoms with Crippen molar-refractivity contribution < 1.29 is 9.53 Å². The lowest BCUT2D eigenvalue weighted by molar-refractivity contribution is -0.135. The molecule has 0 heterocycles. The van der Waals surface area contributed by atoms with Crippen LogP contribution in [0.15, 0.2) is 10.6 Å². The van der Waals surface area contributed by atoms with E-state index in [0.29, 0.717) is 4.48 Å². The van der Waals surface area contributed by atoms with E-state index in [1.165, 1.54) is 58.5 Å². The van der Waals surface area contributed by atoms with E-state index < -0.39 is 0 Å². The minimum atomic E-state index is -0.286. The molecule has 0 bridgehead atoms. The maximum absolute atomic E-state index is 11.1. The Morgan fingerprint density at radius 1 is 1.00 bits per heavy atom. The Hall–Kier alpha value is -0.310. The molecule has 18 heavy (non-hydrogen) atoms. The lowest BCUT2D eigenvalue weighted by atomic mass is 10.1. The van der Waals surface area contributed by atoms with E-state index in [1.54, 1.807) is 0 Å². The first-order chi connectivity index (χ1) is 8.72. The van der Waals surface area contributed by atoms with E-state index in [1.807, 2.05) is 6.08 Å². The van der Waals surface area contributed by atoms with Gasteiger partial charge in [-0.05, 0) is 28.8 Å². The van der Waals surface area contributed by atoms with E-state index in [0.717, 1.165) is 12.8 Å². The Kier molecular flexibility index (Phi) is 12.9. The van der Waals surface area contributed by atoms with Crippen molar-refractivity contribution in [2.75, 3.05) is 7.11 Å². The number of esters is 1. The zero-order valence-electron chi connectivity index (χ0n) is 11.8. The number of allylic oxidation sites excluding steroid dienone is 1. The van der Waals surface area contributed by atoms with E-state index in [2.05, 4.69) is 27.6 Å². The van der Waals surface area contributed by atoms with Gasteiger partial charge in [-0.15, -0.1) is 0 Å². The summed E-state index contributed by atoms with van der Waals surface area (Å²) in [7, 11) is 1.40. The van der Waals surface area contributed by atoms with Gasteiger partial charge in [-0.3, -0.25) is 0 Å². The minimum Gasteiger partial charge on any atom is -0.465 e. The average molecular weight is 319 g/mol. The number of halogens is 1. The fraction of sp³-hybridized carbons (Fsp3) is 0.800. The van der Waals surface area contributed by atoms with Gasteiger partial charge >= 0.3 is 5.97 Å². The summed E-state index contributed by atoms with van der Waals surface area (Å²) in [5, 5.41) is 0. The van der Waals surface area contributed by atoms with Crippen LogP contribution in [0.2, 0.25) is 0 Å². The summed E-state index contributed by atoms with van der Waals surface area (Å²) in [5.41, 5.74) is 0. The van der Waals surface area contributed by atoms with Crippen molar-refractivity contribution in [1.82, 2.24) is 0 Å². The predicted octanol–water partition coefficient (Wildman–Crippen LogP) is 5.36. The number of carbonyl (C=O) groups excluding carboxylic acids is 1. The number of ether oxygens (including phenoxy) is 1. The van der Waals surface area contributed by atoms with Crippen molar-refractivity contribution in [2.24, 2.45) is 0 Å². The quantitative estimate of drug-likeness (QED) is 0.291. The van der Waals surface area contributed by atoms with Crippen LogP contribution >= 0.6 is 15.9 Å². The highest BCUT2D eigenvalue weighted by Gasteiger charge is 2.03. The van der Waals surface area contributed by atoms with Crippen LogP contribution in [0.5, 0.6) is 0 Å². The first kappa shape index (κ1) is 17.7. The summed E-state index contributed by atoms with van der Waals surface area (Å²) < 4.78 is 5.15. The molecule has 0 saturated carbocycles. The van der Waals surface area contributed by atoms with Gasteiger partial charge in [0.1, 0.15) is 0 Å². The van der Waals surface area contributed by atoms with Gasteiger partial charge in [-0.1, -0.05) is 64.4 Å². The number of methoxy groups -OCH3 is 1. The minimum absolute atomic E-state index is 0.286.